The Hall–Kier alpha value is -1.76. The molecule has 0 saturated heterocycles. The van der Waals surface area contributed by atoms with Gasteiger partial charge < -0.3 is 5.32 Å². The molecule has 0 spiro atoms. The average Bonchev–Trinajstić information content (AvgIpc) is 2.53. The minimum absolute atomic E-state index is 0.00803. The lowest BCUT2D eigenvalue weighted by Crippen LogP contribution is -2.50. The summed E-state index contributed by atoms with van der Waals surface area (Å²) in [5.41, 5.74) is 0.147. The first-order valence-electron chi connectivity index (χ1n) is 5.68. The molecule has 1 atom stereocenters. The topological polar surface area (TPSA) is 49.4 Å². The molecule has 2 amide bonds. The van der Waals surface area contributed by atoms with Gasteiger partial charge in [0, 0.05) is 0 Å². The van der Waals surface area contributed by atoms with E-state index >= 15 is 0 Å². The third kappa shape index (κ3) is 2.72. The van der Waals surface area contributed by atoms with Gasteiger partial charge in [0.1, 0.15) is 11.9 Å². The standard InChI is InChI=1S/C12H10ClF3N2O2/c13-6-11(20)18-8-4-2-1-3-7(8)17-10(19)5-9(18)12(14,15)16/h1-4,9H,5-6H2,(H,17,19)/t9-/m0/s1. The second-order valence-corrected chi connectivity index (χ2v) is 4.49. The van der Waals surface area contributed by atoms with Gasteiger partial charge in [-0.15, -0.1) is 11.6 Å². The number of nitrogens with zero attached hydrogens (tertiary/aromatic N) is 1. The Bertz CT molecular complexity index is 548. The predicted molar refractivity (Wildman–Crippen MR) is 67.7 cm³/mol. The summed E-state index contributed by atoms with van der Waals surface area (Å²) in [6.45, 7) is 0. The van der Waals surface area contributed by atoms with Crippen molar-refractivity contribution in [3.8, 4) is 0 Å². The third-order valence-corrected chi connectivity index (χ3v) is 3.12. The molecule has 4 nitrogen and oxygen atoms in total. The summed E-state index contributed by atoms with van der Waals surface area (Å²) in [4.78, 5) is 23.9. The maximum atomic E-state index is 13.1. The molecule has 0 radical (unpaired) electrons. The van der Waals surface area contributed by atoms with Crippen LogP contribution in [-0.2, 0) is 9.59 Å². The Labute approximate surface area is 117 Å². The van der Waals surface area contributed by atoms with Crippen LogP contribution in [0.4, 0.5) is 24.5 Å². The van der Waals surface area contributed by atoms with E-state index in [9.17, 15) is 22.8 Å². The number of benzene rings is 1. The van der Waals surface area contributed by atoms with E-state index in [0.29, 0.717) is 4.90 Å². The van der Waals surface area contributed by atoms with E-state index in [-0.39, 0.29) is 11.4 Å². The maximum absolute atomic E-state index is 13.1. The molecule has 1 aliphatic rings. The van der Waals surface area contributed by atoms with E-state index < -0.39 is 36.3 Å². The summed E-state index contributed by atoms with van der Waals surface area (Å²) >= 11 is 5.39. The zero-order valence-electron chi connectivity index (χ0n) is 10.1. The van der Waals surface area contributed by atoms with Gasteiger partial charge in [0.2, 0.25) is 11.8 Å². The van der Waals surface area contributed by atoms with Gasteiger partial charge in [0.15, 0.2) is 0 Å². The Balaban J connectivity index is 2.59. The van der Waals surface area contributed by atoms with Crippen molar-refractivity contribution < 1.29 is 22.8 Å². The molecular formula is C12H10ClF3N2O2. The van der Waals surface area contributed by atoms with Crippen molar-refractivity contribution >= 4 is 34.8 Å². The molecule has 108 valence electrons. The Kier molecular flexibility index (Phi) is 3.89. The fourth-order valence-electron chi connectivity index (χ4n) is 2.06. The Morgan fingerprint density at radius 3 is 2.65 bits per heavy atom. The lowest BCUT2D eigenvalue weighted by atomic mass is 10.1. The van der Waals surface area contributed by atoms with E-state index in [1.54, 1.807) is 6.07 Å². The van der Waals surface area contributed by atoms with E-state index in [4.69, 9.17) is 11.6 Å². The average molecular weight is 307 g/mol. The van der Waals surface area contributed by atoms with Gasteiger partial charge in [-0.2, -0.15) is 13.2 Å². The predicted octanol–water partition coefficient (Wildman–Crippen LogP) is 2.53. The number of alkyl halides is 4. The number of rotatable bonds is 1. The van der Waals surface area contributed by atoms with E-state index in [0.717, 1.165) is 0 Å². The molecule has 0 aromatic heterocycles. The van der Waals surface area contributed by atoms with Crippen LogP contribution in [0, 0.1) is 0 Å². The lowest BCUT2D eigenvalue weighted by molar-refractivity contribution is -0.157. The van der Waals surface area contributed by atoms with Crippen LogP contribution in [-0.4, -0.2) is 29.9 Å². The molecular weight excluding hydrogens is 297 g/mol. The first-order valence-corrected chi connectivity index (χ1v) is 6.21. The zero-order chi connectivity index (χ0) is 14.9. The number of fused-ring (bicyclic) bond motifs is 1. The molecule has 20 heavy (non-hydrogen) atoms. The SMILES string of the molecule is O=C1C[C@@H](C(F)(F)F)N(C(=O)CCl)c2ccccc2N1. The molecule has 2 rings (SSSR count). The second-order valence-electron chi connectivity index (χ2n) is 4.22. The molecule has 0 aliphatic carbocycles. The van der Waals surface area contributed by atoms with Gasteiger partial charge in [0.25, 0.3) is 0 Å². The van der Waals surface area contributed by atoms with Crippen LogP contribution < -0.4 is 10.2 Å². The van der Waals surface area contributed by atoms with E-state index in [1.807, 2.05) is 0 Å². The summed E-state index contributed by atoms with van der Waals surface area (Å²) in [5, 5.41) is 2.36. The normalized spacial score (nSPS) is 19.1. The van der Waals surface area contributed by atoms with Crippen molar-refractivity contribution in [1.29, 1.82) is 0 Å². The fraction of sp³-hybridized carbons (Fsp3) is 0.333. The minimum Gasteiger partial charge on any atom is -0.324 e. The van der Waals surface area contributed by atoms with Gasteiger partial charge in [-0.1, -0.05) is 12.1 Å². The number of nitrogens with one attached hydrogen (secondary N) is 1. The number of carbonyl (C=O) groups is 2. The van der Waals surface area contributed by atoms with Crippen LogP contribution in [0.1, 0.15) is 6.42 Å². The Morgan fingerprint density at radius 2 is 2.05 bits per heavy atom. The van der Waals surface area contributed by atoms with Gasteiger partial charge in [0.05, 0.1) is 17.8 Å². The van der Waals surface area contributed by atoms with Gasteiger partial charge in [-0.25, -0.2) is 0 Å². The smallest absolute Gasteiger partial charge is 0.324 e. The highest BCUT2D eigenvalue weighted by Gasteiger charge is 2.48. The van der Waals surface area contributed by atoms with E-state index in [2.05, 4.69) is 5.32 Å². The molecule has 1 heterocycles. The van der Waals surface area contributed by atoms with E-state index in [1.165, 1.54) is 18.2 Å². The summed E-state index contributed by atoms with van der Waals surface area (Å²) < 4.78 is 39.4. The molecule has 0 bridgehead atoms. The van der Waals surface area contributed by atoms with Crippen LogP contribution in [0.2, 0.25) is 0 Å². The molecule has 0 saturated carbocycles. The van der Waals surface area contributed by atoms with Crippen LogP contribution in [0.25, 0.3) is 0 Å². The number of hydrogen-bond acceptors (Lipinski definition) is 2. The number of para-hydroxylation sites is 2. The highest BCUT2D eigenvalue weighted by atomic mass is 35.5. The lowest BCUT2D eigenvalue weighted by Gasteiger charge is -2.31. The number of anilines is 2. The maximum Gasteiger partial charge on any atom is 0.409 e. The first-order chi connectivity index (χ1) is 9.34. The second kappa shape index (κ2) is 5.32. The first kappa shape index (κ1) is 14.6. The molecule has 1 aliphatic heterocycles. The highest BCUT2D eigenvalue weighted by molar-refractivity contribution is 6.29. The van der Waals surface area contributed by atoms with Crippen molar-refractivity contribution in [1.82, 2.24) is 0 Å². The van der Waals surface area contributed by atoms with Gasteiger partial charge in [-0.3, -0.25) is 14.5 Å². The number of hydrogen-bond donors (Lipinski definition) is 1. The number of halogens is 4. The van der Waals surface area contributed by atoms with Crippen molar-refractivity contribution in [3.63, 3.8) is 0 Å². The summed E-state index contributed by atoms with van der Waals surface area (Å²) in [6.07, 6.45) is -5.59. The molecule has 0 unspecified atom stereocenters. The number of carbonyl (C=O) groups excluding carboxylic acids is 2. The van der Waals surface area contributed by atoms with Crippen LogP contribution in [0.5, 0.6) is 0 Å². The minimum atomic E-state index is -4.73. The molecule has 1 aromatic rings. The van der Waals surface area contributed by atoms with Crippen LogP contribution >= 0.6 is 11.6 Å². The van der Waals surface area contributed by atoms with Gasteiger partial charge in [-0.05, 0) is 12.1 Å². The summed E-state index contributed by atoms with van der Waals surface area (Å²) in [7, 11) is 0. The fourth-order valence-corrected chi connectivity index (χ4v) is 2.19. The van der Waals surface area contributed by atoms with Gasteiger partial charge >= 0.3 is 6.18 Å². The third-order valence-electron chi connectivity index (χ3n) is 2.89. The van der Waals surface area contributed by atoms with Crippen molar-refractivity contribution in [3.05, 3.63) is 24.3 Å². The Morgan fingerprint density at radius 1 is 1.40 bits per heavy atom. The molecule has 1 aromatic carbocycles. The zero-order valence-corrected chi connectivity index (χ0v) is 10.8. The van der Waals surface area contributed by atoms with Crippen molar-refractivity contribution in [2.75, 3.05) is 16.1 Å². The molecule has 1 N–H and O–H groups in total. The summed E-state index contributed by atoms with van der Waals surface area (Å²) in [5.74, 6) is -2.31. The van der Waals surface area contributed by atoms with Crippen molar-refractivity contribution in [2.45, 2.75) is 18.6 Å². The van der Waals surface area contributed by atoms with Crippen molar-refractivity contribution in [2.24, 2.45) is 0 Å². The largest absolute Gasteiger partial charge is 0.409 e. The molecule has 8 heteroatoms. The summed E-state index contributed by atoms with van der Waals surface area (Å²) in [6, 6.07) is 3.58. The monoisotopic (exact) mass is 306 g/mol. The molecule has 0 fully saturated rings. The quantitative estimate of drug-likeness (QED) is 0.811. The van der Waals surface area contributed by atoms with Crippen LogP contribution in [0.3, 0.4) is 0 Å². The number of amides is 2. The highest BCUT2D eigenvalue weighted by Crippen LogP contribution is 2.37. The van der Waals surface area contributed by atoms with Crippen LogP contribution in [0.15, 0.2) is 24.3 Å².